The molecule has 0 saturated carbocycles. The molecule has 4 amide bonds. The number of nitrogens with zero attached hydrogens (tertiary/aromatic N) is 1. The highest BCUT2D eigenvalue weighted by atomic mass is 32.2. The van der Waals surface area contributed by atoms with Gasteiger partial charge >= 0.3 is 12.2 Å². The molecule has 11 heteroatoms. The number of thiophene rings is 1. The molecular weight excluding hydrogens is 430 g/mol. The van der Waals surface area contributed by atoms with Crippen LogP contribution in [0, 0.1) is 0 Å². The summed E-state index contributed by atoms with van der Waals surface area (Å²) in [7, 11) is 1.36. The maximum absolute atomic E-state index is 12.7. The van der Waals surface area contributed by atoms with Gasteiger partial charge in [0.25, 0.3) is 11.8 Å². The fraction of sp³-hybridized carbons (Fsp3) is 0.368. The summed E-state index contributed by atoms with van der Waals surface area (Å²) in [5, 5.41) is 6.87. The summed E-state index contributed by atoms with van der Waals surface area (Å²) in [5.41, 5.74) is 1.29. The zero-order chi connectivity index (χ0) is 21.7. The molecule has 1 aromatic heterocycles. The molecule has 0 bridgehead atoms. The summed E-state index contributed by atoms with van der Waals surface area (Å²) in [6.45, 7) is 2.81. The Morgan fingerprint density at radius 3 is 2.77 bits per heavy atom. The number of imide groups is 1. The van der Waals surface area contributed by atoms with E-state index >= 15 is 0 Å². The van der Waals surface area contributed by atoms with Gasteiger partial charge in [-0.05, 0) is 41.7 Å². The number of carbonyl (C=O) groups excluding carboxylic acids is 4. The molecule has 1 aromatic rings. The number of nitrogens with one attached hydrogen (secondary N) is 2. The van der Waals surface area contributed by atoms with E-state index in [9.17, 15) is 19.2 Å². The number of anilines is 1. The number of thioether (sulfide) groups is 1. The molecule has 0 unspecified atom stereocenters. The van der Waals surface area contributed by atoms with Crippen molar-refractivity contribution in [1.29, 1.82) is 0 Å². The van der Waals surface area contributed by atoms with Crippen molar-refractivity contribution in [2.75, 3.05) is 32.1 Å². The van der Waals surface area contributed by atoms with Gasteiger partial charge in [0, 0.05) is 13.1 Å². The van der Waals surface area contributed by atoms with Crippen LogP contribution in [0.5, 0.6) is 0 Å². The van der Waals surface area contributed by atoms with Crippen LogP contribution in [0.3, 0.4) is 0 Å². The molecule has 3 heterocycles. The third-order valence-electron chi connectivity index (χ3n) is 4.44. The molecule has 2 aliphatic rings. The number of rotatable bonds is 4. The lowest BCUT2D eigenvalue weighted by atomic mass is 10.1. The third kappa shape index (κ3) is 5.03. The van der Waals surface area contributed by atoms with Crippen molar-refractivity contribution in [2.45, 2.75) is 19.8 Å². The van der Waals surface area contributed by atoms with Crippen molar-refractivity contribution < 1.29 is 28.7 Å². The van der Waals surface area contributed by atoms with Crippen molar-refractivity contribution in [2.24, 2.45) is 0 Å². The van der Waals surface area contributed by atoms with E-state index < -0.39 is 12.0 Å². The molecule has 3 rings (SSSR count). The van der Waals surface area contributed by atoms with Gasteiger partial charge in [0.05, 0.1) is 24.2 Å². The fourth-order valence-electron chi connectivity index (χ4n) is 3.00. The number of allylic oxidation sites excluding steroid dienone is 1. The van der Waals surface area contributed by atoms with E-state index in [1.807, 2.05) is 6.08 Å². The van der Waals surface area contributed by atoms with E-state index in [0.717, 1.165) is 10.5 Å². The van der Waals surface area contributed by atoms with Crippen molar-refractivity contribution in [3.63, 3.8) is 0 Å². The van der Waals surface area contributed by atoms with Crippen LogP contribution in [0.25, 0.3) is 0 Å². The SMILES string of the molecule is CCOC(=O)NC(=O)c1ccsc1NC(=O)C1=CCC2=C(CCN(C(=O)OC)C2)S1. The summed E-state index contributed by atoms with van der Waals surface area (Å²) in [5.74, 6) is -0.968. The number of ether oxygens (including phenoxy) is 2. The minimum atomic E-state index is -0.839. The number of hydrogen-bond donors (Lipinski definition) is 2. The molecule has 30 heavy (non-hydrogen) atoms. The van der Waals surface area contributed by atoms with Crippen LogP contribution in [0.2, 0.25) is 0 Å². The van der Waals surface area contributed by atoms with Crippen LogP contribution in [0.1, 0.15) is 30.1 Å². The van der Waals surface area contributed by atoms with Crippen LogP contribution < -0.4 is 10.6 Å². The minimum absolute atomic E-state index is 0.146. The molecule has 0 saturated heterocycles. The Hall–Kier alpha value is -2.79. The molecule has 0 spiro atoms. The summed E-state index contributed by atoms with van der Waals surface area (Å²) >= 11 is 2.57. The summed E-state index contributed by atoms with van der Waals surface area (Å²) in [6.07, 6.45) is 1.84. The van der Waals surface area contributed by atoms with Crippen molar-refractivity contribution >= 4 is 52.1 Å². The zero-order valence-electron chi connectivity index (χ0n) is 16.5. The highest BCUT2D eigenvalue weighted by molar-refractivity contribution is 8.07. The van der Waals surface area contributed by atoms with Crippen LogP contribution in [-0.4, -0.2) is 55.7 Å². The number of carbonyl (C=O) groups is 4. The van der Waals surface area contributed by atoms with Crippen LogP contribution in [0.15, 0.2) is 32.9 Å². The molecule has 0 aliphatic carbocycles. The smallest absolute Gasteiger partial charge is 0.414 e. The van der Waals surface area contributed by atoms with Crippen LogP contribution >= 0.6 is 23.1 Å². The highest BCUT2D eigenvalue weighted by Gasteiger charge is 2.28. The first-order valence-corrected chi connectivity index (χ1v) is 10.9. The Kier molecular flexibility index (Phi) is 7.16. The average molecular weight is 452 g/mol. The molecular formula is C19H21N3O6S2. The van der Waals surface area contributed by atoms with Gasteiger partial charge in [0.2, 0.25) is 0 Å². The average Bonchev–Trinajstić information content (AvgIpc) is 3.20. The molecule has 160 valence electrons. The fourth-order valence-corrected chi connectivity index (χ4v) is 4.84. The Balaban J connectivity index is 1.62. The monoisotopic (exact) mass is 451 g/mol. The summed E-state index contributed by atoms with van der Waals surface area (Å²) in [4.78, 5) is 51.4. The van der Waals surface area contributed by atoms with E-state index in [4.69, 9.17) is 9.47 Å². The molecule has 9 nitrogen and oxygen atoms in total. The van der Waals surface area contributed by atoms with Crippen molar-refractivity contribution in [3.05, 3.63) is 38.5 Å². The maximum atomic E-state index is 12.7. The predicted octanol–water partition coefficient (Wildman–Crippen LogP) is 3.32. The maximum Gasteiger partial charge on any atom is 0.414 e. The lowest BCUT2D eigenvalue weighted by molar-refractivity contribution is -0.112. The van der Waals surface area contributed by atoms with Gasteiger partial charge in [-0.2, -0.15) is 0 Å². The lowest BCUT2D eigenvalue weighted by Crippen LogP contribution is -2.37. The standard InChI is InChI=1S/C19H21N3O6S2/c1-3-28-18(25)21-15(23)12-7-9-29-17(12)20-16(24)14-5-4-11-10-22(19(26)27-2)8-6-13(11)30-14/h5,7,9H,3-4,6,8,10H2,1-2H3,(H,20,24)(H,21,23,25). The number of methoxy groups -OCH3 is 1. The van der Waals surface area contributed by atoms with E-state index in [1.54, 1.807) is 17.2 Å². The van der Waals surface area contributed by atoms with Crippen LogP contribution in [0.4, 0.5) is 14.6 Å². The van der Waals surface area contributed by atoms with Gasteiger partial charge in [-0.3, -0.25) is 14.9 Å². The molecule has 2 N–H and O–H groups in total. The lowest BCUT2D eigenvalue weighted by Gasteiger charge is -2.31. The number of alkyl carbamates (subject to hydrolysis) is 1. The first-order chi connectivity index (χ1) is 14.4. The van der Waals surface area contributed by atoms with Crippen LogP contribution in [-0.2, 0) is 14.3 Å². The molecule has 2 aliphatic heterocycles. The molecule has 0 aromatic carbocycles. The second kappa shape index (κ2) is 9.81. The minimum Gasteiger partial charge on any atom is -0.453 e. The van der Waals surface area contributed by atoms with Gasteiger partial charge in [-0.25, -0.2) is 9.59 Å². The first-order valence-electron chi connectivity index (χ1n) is 9.21. The normalized spacial score (nSPS) is 15.7. The Bertz CT molecular complexity index is 936. The van der Waals surface area contributed by atoms with Gasteiger partial charge in [0.15, 0.2) is 0 Å². The zero-order valence-corrected chi connectivity index (χ0v) is 18.1. The largest absolute Gasteiger partial charge is 0.453 e. The Morgan fingerprint density at radius 1 is 1.23 bits per heavy atom. The van der Waals surface area contributed by atoms with Gasteiger partial charge in [-0.15, -0.1) is 11.3 Å². The molecule has 0 radical (unpaired) electrons. The van der Waals surface area contributed by atoms with E-state index in [1.165, 1.54) is 36.3 Å². The molecule has 0 fully saturated rings. The second-order valence-electron chi connectivity index (χ2n) is 6.33. The van der Waals surface area contributed by atoms with Gasteiger partial charge < -0.3 is 19.7 Å². The first kappa shape index (κ1) is 21.9. The van der Waals surface area contributed by atoms with Crippen molar-refractivity contribution in [1.82, 2.24) is 10.2 Å². The summed E-state index contributed by atoms with van der Waals surface area (Å²) in [6, 6.07) is 1.53. The Morgan fingerprint density at radius 2 is 2.03 bits per heavy atom. The number of amides is 4. The van der Waals surface area contributed by atoms with E-state index in [-0.39, 0.29) is 24.2 Å². The number of hydrogen-bond acceptors (Lipinski definition) is 8. The Labute approximate surface area is 181 Å². The third-order valence-corrected chi connectivity index (χ3v) is 6.58. The summed E-state index contributed by atoms with van der Waals surface area (Å²) < 4.78 is 9.47. The van der Waals surface area contributed by atoms with E-state index in [0.29, 0.717) is 35.8 Å². The van der Waals surface area contributed by atoms with Gasteiger partial charge in [0.1, 0.15) is 5.00 Å². The predicted molar refractivity (Wildman–Crippen MR) is 113 cm³/mol. The van der Waals surface area contributed by atoms with Gasteiger partial charge in [-0.1, -0.05) is 17.8 Å². The molecule has 0 atom stereocenters. The van der Waals surface area contributed by atoms with E-state index in [2.05, 4.69) is 10.6 Å². The highest BCUT2D eigenvalue weighted by Crippen LogP contribution is 2.40. The van der Waals surface area contributed by atoms with Crippen molar-refractivity contribution in [3.8, 4) is 0 Å². The quantitative estimate of drug-likeness (QED) is 0.722. The second-order valence-corrected chi connectivity index (χ2v) is 8.39. The topological polar surface area (TPSA) is 114 Å².